The Labute approximate surface area is 118 Å². The van der Waals surface area contributed by atoms with E-state index < -0.39 is 0 Å². The molecule has 2 saturated heterocycles. The van der Waals surface area contributed by atoms with Gasteiger partial charge in [0.15, 0.2) is 0 Å². The quantitative estimate of drug-likeness (QED) is 0.899. The van der Waals surface area contributed by atoms with E-state index in [9.17, 15) is 9.90 Å². The number of rotatable bonds is 3. The summed E-state index contributed by atoms with van der Waals surface area (Å²) in [5.41, 5.74) is 2.82. The molecule has 5 heteroatoms. The molecule has 0 radical (unpaired) electrons. The van der Waals surface area contributed by atoms with Crippen molar-refractivity contribution < 1.29 is 14.6 Å². The summed E-state index contributed by atoms with van der Waals surface area (Å²) >= 11 is 0. The van der Waals surface area contributed by atoms with Gasteiger partial charge in [-0.05, 0) is 24.6 Å². The Kier molecular flexibility index (Phi) is 3.89. The Morgan fingerprint density at radius 3 is 2.65 bits per heavy atom. The van der Waals surface area contributed by atoms with Crippen molar-refractivity contribution in [2.45, 2.75) is 19.4 Å². The van der Waals surface area contributed by atoms with Crippen molar-refractivity contribution in [3.8, 4) is 0 Å². The molecule has 0 unspecified atom stereocenters. The zero-order valence-corrected chi connectivity index (χ0v) is 11.5. The van der Waals surface area contributed by atoms with Gasteiger partial charge >= 0.3 is 0 Å². The van der Waals surface area contributed by atoms with E-state index in [-0.39, 0.29) is 12.5 Å². The Bertz CT molecular complexity index is 498. The molecule has 5 nitrogen and oxygen atoms in total. The van der Waals surface area contributed by atoms with Gasteiger partial charge in [-0.25, -0.2) is 0 Å². The molecule has 0 aliphatic carbocycles. The molecule has 2 aliphatic rings. The van der Waals surface area contributed by atoms with Crippen molar-refractivity contribution in [1.82, 2.24) is 0 Å². The zero-order chi connectivity index (χ0) is 13.9. The predicted molar refractivity (Wildman–Crippen MR) is 77.0 cm³/mol. The molecule has 2 aliphatic heterocycles. The van der Waals surface area contributed by atoms with Crippen LogP contribution in [0, 0.1) is 0 Å². The van der Waals surface area contributed by atoms with Crippen LogP contribution in [-0.4, -0.2) is 43.9 Å². The number of anilines is 2. The van der Waals surface area contributed by atoms with Crippen LogP contribution in [0.5, 0.6) is 0 Å². The zero-order valence-electron chi connectivity index (χ0n) is 11.5. The maximum Gasteiger partial charge on any atom is 0.227 e. The van der Waals surface area contributed by atoms with Gasteiger partial charge in [0, 0.05) is 43.0 Å². The standard InChI is InChI=1S/C15H20N2O3/c18-11-12-10-13(17-5-1-2-15(17)19)3-4-14(12)16-6-8-20-9-7-16/h3-4,10,18H,1-2,5-9,11H2. The van der Waals surface area contributed by atoms with E-state index in [1.54, 1.807) is 0 Å². The largest absolute Gasteiger partial charge is 0.392 e. The van der Waals surface area contributed by atoms with E-state index in [1.807, 2.05) is 23.1 Å². The lowest BCUT2D eigenvalue weighted by Crippen LogP contribution is -2.36. The third-order valence-electron chi connectivity index (χ3n) is 3.97. The number of hydrogen-bond acceptors (Lipinski definition) is 4. The summed E-state index contributed by atoms with van der Waals surface area (Å²) in [5.74, 6) is 0.174. The van der Waals surface area contributed by atoms with E-state index in [0.29, 0.717) is 6.42 Å². The minimum atomic E-state index is -0.0113. The summed E-state index contributed by atoms with van der Waals surface area (Å²) in [4.78, 5) is 15.8. The summed E-state index contributed by atoms with van der Waals surface area (Å²) in [5, 5.41) is 9.62. The third-order valence-corrected chi connectivity index (χ3v) is 3.97. The minimum Gasteiger partial charge on any atom is -0.392 e. The lowest BCUT2D eigenvalue weighted by Gasteiger charge is -2.31. The topological polar surface area (TPSA) is 53.0 Å². The lowest BCUT2D eigenvalue weighted by molar-refractivity contribution is -0.117. The highest BCUT2D eigenvalue weighted by atomic mass is 16.5. The summed E-state index contributed by atoms with van der Waals surface area (Å²) in [6, 6.07) is 5.93. The number of amides is 1. The fraction of sp³-hybridized carbons (Fsp3) is 0.533. The van der Waals surface area contributed by atoms with Crippen LogP contribution in [0.2, 0.25) is 0 Å². The smallest absolute Gasteiger partial charge is 0.227 e. The first-order valence-electron chi connectivity index (χ1n) is 7.16. The van der Waals surface area contributed by atoms with E-state index in [1.165, 1.54) is 0 Å². The molecule has 108 valence electrons. The normalized spacial score (nSPS) is 19.8. The number of aliphatic hydroxyl groups is 1. The van der Waals surface area contributed by atoms with Gasteiger partial charge in [-0.1, -0.05) is 0 Å². The maximum atomic E-state index is 11.8. The molecular weight excluding hydrogens is 256 g/mol. The fourth-order valence-electron chi connectivity index (χ4n) is 2.90. The highest BCUT2D eigenvalue weighted by Crippen LogP contribution is 2.29. The number of carbonyl (C=O) groups is 1. The summed E-state index contributed by atoms with van der Waals surface area (Å²) in [7, 11) is 0. The molecule has 1 N–H and O–H groups in total. The average Bonchev–Trinajstić information content (AvgIpc) is 2.93. The Hall–Kier alpha value is -1.59. The van der Waals surface area contributed by atoms with Gasteiger partial charge < -0.3 is 19.6 Å². The second-order valence-electron chi connectivity index (χ2n) is 5.22. The minimum absolute atomic E-state index is 0.0113. The van der Waals surface area contributed by atoms with Crippen molar-refractivity contribution in [2.75, 3.05) is 42.6 Å². The monoisotopic (exact) mass is 276 g/mol. The van der Waals surface area contributed by atoms with Crippen molar-refractivity contribution in [3.05, 3.63) is 23.8 Å². The van der Waals surface area contributed by atoms with Crippen molar-refractivity contribution in [3.63, 3.8) is 0 Å². The van der Waals surface area contributed by atoms with Crippen molar-refractivity contribution >= 4 is 17.3 Å². The molecule has 0 aromatic heterocycles. The second-order valence-corrected chi connectivity index (χ2v) is 5.22. The SMILES string of the molecule is O=C1CCCN1c1ccc(N2CCOCC2)c(CO)c1. The molecule has 0 spiro atoms. The van der Waals surface area contributed by atoms with Gasteiger partial charge in [-0.3, -0.25) is 4.79 Å². The van der Waals surface area contributed by atoms with E-state index in [4.69, 9.17) is 4.74 Å². The predicted octanol–water partition coefficient (Wildman–Crippen LogP) is 1.14. The van der Waals surface area contributed by atoms with Gasteiger partial charge in [0.25, 0.3) is 0 Å². The molecule has 1 aromatic carbocycles. The fourth-order valence-corrected chi connectivity index (χ4v) is 2.90. The Morgan fingerprint density at radius 2 is 2.00 bits per heavy atom. The van der Waals surface area contributed by atoms with Crippen LogP contribution in [-0.2, 0) is 16.1 Å². The molecule has 1 amide bonds. The van der Waals surface area contributed by atoms with E-state index in [0.717, 1.165) is 56.2 Å². The first-order valence-corrected chi connectivity index (χ1v) is 7.16. The number of hydrogen-bond donors (Lipinski definition) is 1. The summed E-state index contributed by atoms with van der Waals surface area (Å²) < 4.78 is 5.36. The molecule has 2 fully saturated rings. The van der Waals surface area contributed by atoms with Gasteiger partial charge in [-0.15, -0.1) is 0 Å². The molecule has 0 atom stereocenters. The second kappa shape index (κ2) is 5.81. The van der Waals surface area contributed by atoms with Crippen LogP contribution in [0.4, 0.5) is 11.4 Å². The Morgan fingerprint density at radius 1 is 1.20 bits per heavy atom. The lowest BCUT2D eigenvalue weighted by atomic mass is 10.1. The number of ether oxygens (including phenoxy) is 1. The summed E-state index contributed by atoms with van der Waals surface area (Å²) in [6.07, 6.45) is 1.54. The average molecular weight is 276 g/mol. The number of morpholine rings is 1. The van der Waals surface area contributed by atoms with Crippen LogP contribution < -0.4 is 9.80 Å². The molecule has 0 saturated carbocycles. The van der Waals surface area contributed by atoms with Crippen LogP contribution >= 0.6 is 0 Å². The number of aliphatic hydroxyl groups excluding tert-OH is 1. The number of benzene rings is 1. The van der Waals surface area contributed by atoms with Crippen LogP contribution in [0.25, 0.3) is 0 Å². The van der Waals surface area contributed by atoms with E-state index >= 15 is 0 Å². The van der Waals surface area contributed by atoms with Gasteiger partial charge in [-0.2, -0.15) is 0 Å². The van der Waals surface area contributed by atoms with Gasteiger partial charge in [0.2, 0.25) is 5.91 Å². The first kappa shape index (κ1) is 13.4. The van der Waals surface area contributed by atoms with E-state index in [2.05, 4.69) is 4.90 Å². The molecule has 20 heavy (non-hydrogen) atoms. The highest BCUT2D eigenvalue weighted by molar-refractivity contribution is 5.95. The highest BCUT2D eigenvalue weighted by Gasteiger charge is 2.23. The van der Waals surface area contributed by atoms with Crippen molar-refractivity contribution in [2.24, 2.45) is 0 Å². The van der Waals surface area contributed by atoms with Gasteiger partial charge in [0.05, 0.1) is 19.8 Å². The third kappa shape index (κ3) is 2.51. The first-order chi connectivity index (χ1) is 9.79. The number of carbonyl (C=O) groups excluding carboxylic acids is 1. The van der Waals surface area contributed by atoms with Crippen molar-refractivity contribution in [1.29, 1.82) is 0 Å². The Balaban J connectivity index is 1.87. The van der Waals surface area contributed by atoms with Crippen LogP contribution in [0.15, 0.2) is 18.2 Å². The van der Waals surface area contributed by atoms with Crippen LogP contribution in [0.3, 0.4) is 0 Å². The molecule has 3 rings (SSSR count). The number of nitrogens with zero attached hydrogens (tertiary/aromatic N) is 2. The maximum absolute atomic E-state index is 11.8. The molecule has 1 aromatic rings. The summed E-state index contributed by atoms with van der Waals surface area (Å²) in [6.45, 7) is 3.89. The molecule has 2 heterocycles. The van der Waals surface area contributed by atoms with Gasteiger partial charge in [0.1, 0.15) is 0 Å². The molecular formula is C15H20N2O3. The molecule has 0 bridgehead atoms. The van der Waals surface area contributed by atoms with Crippen LogP contribution in [0.1, 0.15) is 18.4 Å².